The molecular weight excluding hydrogens is 200 g/mol. The molecule has 0 aromatic rings. The van der Waals surface area contributed by atoms with E-state index < -0.39 is 0 Å². The molecule has 1 rings (SSSR count). The Morgan fingerprint density at radius 1 is 1.12 bits per heavy atom. The summed E-state index contributed by atoms with van der Waals surface area (Å²) in [6.07, 6.45) is 1.11. The number of piperazine rings is 1. The average Bonchev–Trinajstić information content (AvgIpc) is 2.18. The van der Waals surface area contributed by atoms with Crippen LogP contribution < -0.4 is 0 Å². The molecule has 96 valence electrons. The van der Waals surface area contributed by atoms with E-state index in [0.717, 1.165) is 39.1 Å². The van der Waals surface area contributed by atoms with Crippen LogP contribution in [-0.4, -0.2) is 61.3 Å². The van der Waals surface area contributed by atoms with Crippen LogP contribution in [0.4, 0.5) is 0 Å². The van der Waals surface area contributed by atoms with Gasteiger partial charge in [0.25, 0.3) is 0 Å². The highest BCUT2D eigenvalue weighted by atomic mass is 16.3. The predicted molar refractivity (Wildman–Crippen MR) is 68.6 cm³/mol. The van der Waals surface area contributed by atoms with Crippen LogP contribution in [0.1, 0.15) is 27.2 Å². The molecule has 1 heterocycles. The van der Waals surface area contributed by atoms with Gasteiger partial charge in [-0.25, -0.2) is 0 Å². The SMILES string of the molecule is CN1CCN(CC(CO)CC(C)(C)C)CC1. The van der Waals surface area contributed by atoms with E-state index >= 15 is 0 Å². The van der Waals surface area contributed by atoms with Crippen molar-refractivity contribution in [3.05, 3.63) is 0 Å². The normalized spacial score (nSPS) is 22.3. The summed E-state index contributed by atoms with van der Waals surface area (Å²) in [7, 11) is 2.18. The van der Waals surface area contributed by atoms with Crippen molar-refractivity contribution in [1.82, 2.24) is 9.80 Å². The largest absolute Gasteiger partial charge is 0.396 e. The first-order valence-electron chi connectivity index (χ1n) is 6.42. The summed E-state index contributed by atoms with van der Waals surface area (Å²) < 4.78 is 0. The Morgan fingerprint density at radius 3 is 2.12 bits per heavy atom. The van der Waals surface area contributed by atoms with Gasteiger partial charge in [0, 0.05) is 39.3 Å². The fraction of sp³-hybridized carbons (Fsp3) is 1.00. The van der Waals surface area contributed by atoms with Crippen molar-refractivity contribution in [3.8, 4) is 0 Å². The zero-order chi connectivity index (χ0) is 12.2. The maximum atomic E-state index is 9.43. The van der Waals surface area contributed by atoms with Gasteiger partial charge in [-0.15, -0.1) is 0 Å². The van der Waals surface area contributed by atoms with Crippen LogP contribution in [0.3, 0.4) is 0 Å². The van der Waals surface area contributed by atoms with E-state index in [-0.39, 0.29) is 0 Å². The minimum atomic E-state index is 0.319. The highest BCUT2D eigenvalue weighted by Gasteiger charge is 2.22. The van der Waals surface area contributed by atoms with Crippen LogP contribution in [0.25, 0.3) is 0 Å². The maximum absolute atomic E-state index is 9.43. The van der Waals surface area contributed by atoms with Gasteiger partial charge in [0.1, 0.15) is 0 Å². The molecule has 3 heteroatoms. The molecule has 1 atom stereocenters. The minimum absolute atomic E-state index is 0.319. The third-order valence-corrected chi connectivity index (χ3v) is 3.27. The summed E-state index contributed by atoms with van der Waals surface area (Å²) in [6.45, 7) is 12.7. The second-order valence-corrected chi connectivity index (χ2v) is 6.42. The van der Waals surface area contributed by atoms with Crippen LogP contribution in [0.5, 0.6) is 0 Å². The summed E-state index contributed by atoms with van der Waals surface area (Å²) in [5.41, 5.74) is 0.319. The summed E-state index contributed by atoms with van der Waals surface area (Å²) >= 11 is 0. The van der Waals surface area contributed by atoms with Crippen molar-refractivity contribution in [2.24, 2.45) is 11.3 Å². The Morgan fingerprint density at radius 2 is 1.69 bits per heavy atom. The van der Waals surface area contributed by atoms with E-state index in [2.05, 4.69) is 37.6 Å². The fourth-order valence-corrected chi connectivity index (χ4v) is 2.45. The minimum Gasteiger partial charge on any atom is -0.396 e. The van der Waals surface area contributed by atoms with Crippen molar-refractivity contribution in [3.63, 3.8) is 0 Å². The van der Waals surface area contributed by atoms with E-state index in [1.807, 2.05) is 0 Å². The van der Waals surface area contributed by atoms with Crippen molar-refractivity contribution in [2.45, 2.75) is 27.2 Å². The number of aliphatic hydroxyl groups is 1. The lowest BCUT2D eigenvalue weighted by Gasteiger charge is -2.35. The Bertz CT molecular complexity index is 193. The quantitative estimate of drug-likeness (QED) is 0.785. The molecule has 0 saturated carbocycles. The summed E-state index contributed by atoms with van der Waals surface area (Å²) in [4.78, 5) is 4.86. The number of likely N-dealkylation sites (N-methyl/N-ethyl adjacent to an activating group) is 1. The lowest BCUT2D eigenvalue weighted by Crippen LogP contribution is -2.46. The zero-order valence-electron chi connectivity index (χ0n) is 11.4. The number of rotatable bonds is 4. The summed E-state index contributed by atoms with van der Waals surface area (Å²) in [5.74, 6) is 0.434. The molecule has 3 nitrogen and oxygen atoms in total. The molecule has 1 unspecified atom stereocenters. The molecule has 1 saturated heterocycles. The highest BCUT2D eigenvalue weighted by molar-refractivity contribution is 4.75. The second-order valence-electron chi connectivity index (χ2n) is 6.42. The average molecular weight is 228 g/mol. The van der Waals surface area contributed by atoms with Crippen LogP contribution in [0.2, 0.25) is 0 Å². The molecule has 0 bridgehead atoms. The van der Waals surface area contributed by atoms with E-state index in [9.17, 15) is 5.11 Å². The van der Waals surface area contributed by atoms with E-state index in [1.165, 1.54) is 0 Å². The van der Waals surface area contributed by atoms with Gasteiger partial charge in [-0.2, -0.15) is 0 Å². The Kier molecular flexibility index (Phi) is 5.22. The van der Waals surface area contributed by atoms with Crippen LogP contribution in [0, 0.1) is 11.3 Å². The molecule has 1 fully saturated rings. The topological polar surface area (TPSA) is 26.7 Å². The van der Waals surface area contributed by atoms with Crippen molar-refractivity contribution >= 4 is 0 Å². The number of nitrogens with zero attached hydrogens (tertiary/aromatic N) is 2. The molecular formula is C13H28N2O. The van der Waals surface area contributed by atoms with E-state index in [1.54, 1.807) is 0 Å². The molecule has 1 aliphatic rings. The van der Waals surface area contributed by atoms with Crippen LogP contribution >= 0.6 is 0 Å². The first kappa shape index (κ1) is 13.9. The number of hydrogen-bond donors (Lipinski definition) is 1. The molecule has 0 radical (unpaired) electrons. The Labute approximate surface area is 100 Å². The first-order chi connectivity index (χ1) is 7.40. The molecule has 0 aromatic heterocycles. The molecule has 16 heavy (non-hydrogen) atoms. The van der Waals surface area contributed by atoms with Gasteiger partial charge in [-0.1, -0.05) is 20.8 Å². The predicted octanol–water partition coefficient (Wildman–Crippen LogP) is 1.28. The van der Waals surface area contributed by atoms with Crippen molar-refractivity contribution in [2.75, 3.05) is 46.4 Å². The van der Waals surface area contributed by atoms with Gasteiger partial charge in [-0.3, -0.25) is 0 Å². The number of hydrogen-bond acceptors (Lipinski definition) is 3. The van der Waals surface area contributed by atoms with Crippen LogP contribution in [0.15, 0.2) is 0 Å². The smallest absolute Gasteiger partial charge is 0.0471 e. The van der Waals surface area contributed by atoms with Gasteiger partial charge in [0.05, 0.1) is 0 Å². The van der Waals surface area contributed by atoms with Gasteiger partial charge in [0.15, 0.2) is 0 Å². The lowest BCUT2D eigenvalue weighted by atomic mass is 9.84. The van der Waals surface area contributed by atoms with E-state index in [0.29, 0.717) is 17.9 Å². The molecule has 0 amide bonds. The van der Waals surface area contributed by atoms with Crippen LogP contribution in [-0.2, 0) is 0 Å². The first-order valence-corrected chi connectivity index (χ1v) is 6.42. The van der Waals surface area contributed by atoms with Gasteiger partial charge in [-0.05, 0) is 24.8 Å². The zero-order valence-corrected chi connectivity index (χ0v) is 11.4. The molecule has 1 aliphatic heterocycles. The van der Waals surface area contributed by atoms with Gasteiger partial charge >= 0.3 is 0 Å². The maximum Gasteiger partial charge on any atom is 0.0471 e. The van der Waals surface area contributed by atoms with Crippen molar-refractivity contribution in [1.29, 1.82) is 0 Å². The molecule has 1 N–H and O–H groups in total. The Balaban J connectivity index is 2.33. The molecule has 0 spiro atoms. The second kappa shape index (κ2) is 5.99. The summed E-state index contributed by atoms with van der Waals surface area (Å²) in [5, 5.41) is 9.43. The summed E-state index contributed by atoms with van der Waals surface area (Å²) in [6, 6.07) is 0. The fourth-order valence-electron chi connectivity index (χ4n) is 2.45. The highest BCUT2D eigenvalue weighted by Crippen LogP contribution is 2.24. The standard InChI is InChI=1S/C13H28N2O/c1-13(2,3)9-12(11-16)10-15-7-5-14(4)6-8-15/h12,16H,5-11H2,1-4H3. The molecule has 0 aromatic carbocycles. The van der Waals surface area contributed by atoms with Crippen molar-refractivity contribution < 1.29 is 5.11 Å². The number of aliphatic hydroxyl groups excluding tert-OH is 1. The molecule has 0 aliphatic carbocycles. The Hall–Kier alpha value is -0.120. The monoisotopic (exact) mass is 228 g/mol. The van der Waals surface area contributed by atoms with E-state index in [4.69, 9.17) is 0 Å². The third kappa shape index (κ3) is 5.28. The van der Waals surface area contributed by atoms with Gasteiger partial charge < -0.3 is 14.9 Å². The third-order valence-electron chi connectivity index (χ3n) is 3.27. The lowest BCUT2D eigenvalue weighted by molar-refractivity contribution is 0.0950. The van der Waals surface area contributed by atoms with Gasteiger partial charge in [0.2, 0.25) is 0 Å².